The smallest absolute Gasteiger partial charge is 0.122 e. The second kappa shape index (κ2) is 10.3. The zero-order valence-corrected chi connectivity index (χ0v) is 15.2. The van der Waals surface area contributed by atoms with Crippen LogP contribution < -0.4 is 4.74 Å². The highest BCUT2D eigenvalue weighted by Gasteiger charge is 2.12. The topological polar surface area (TPSA) is 12.5 Å². The van der Waals surface area contributed by atoms with Gasteiger partial charge in [0.25, 0.3) is 0 Å². The average molecular weight is 334 g/mol. The molecule has 0 heterocycles. The Hall–Kier alpha value is -1.51. The van der Waals surface area contributed by atoms with Crippen LogP contribution in [0, 0.1) is 0 Å². The monoisotopic (exact) mass is 333 g/mol. The predicted octanol–water partition coefficient (Wildman–Crippen LogP) is 4.81. The summed E-state index contributed by atoms with van der Waals surface area (Å²) < 4.78 is 6.11. The molecule has 0 aliphatic rings. The van der Waals surface area contributed by atoms with Crippen molar-refractivity contribution in [3.8, 4) is 5.75 Å². The quantitative estimate of drug-likeness (QED) is 0.687. The van der Waals surface area contributed by atoms with Crippen LogP contribution in [0.15, 0.2) is 54.6 Å². The predicted molar refractivity (Wildman–Crippen MR) is 101 cm³/mol. The van der Waals surface area contributed by atoms with Gasteiger partial charge in [-0.3, -0.25) is 4.90 Å². The van der Waals surface area contributed by atoms with Gasteiger partial charge in [-0.2, -0.15) is 0 Å². The first kappa shape index (κ1) is 19.5. The minimum atomic E-state index is 0. The number of likely N-dealkylation sites (N-methyl/N-ethyl adjacent to an activating group) is 1. The molecule has 2 nitrogen and oxygen atoms in total. The molecular formula is C20H28ClNO. The highest BCUT2D eigenvalue weighted by atomic mass is 35.5. The normalized spacial score (nSPS) is 11.8. The summed E-state index contributed by atoms with van der Waals surface area (Å²) in [5.74, 6) is 1.00. The average Bonchev–Trinajstić information content (AvgIpc) is 2.56. The summed E-state index contributed by atoms with van der Waals surface area (Å²) in [5, 5.41) is 0. The Balaban J connectivity index is 0.00000264. The van der Waals surface area contributed by atoms with E-state index in [-0.39, 0.29) is 12.4 Å². The highest BCUT2D eigenvalue weighted by molar-refractivity contribution is 5.85. The number of nitrogens with zero attached hydrogens (tertiary/aromatic N) is 1. The van der Waals surface area contributed by atoms with Gasteiger partial charge < -0.3 is 4.74 Å². The molecule has 0 fully saturated rings. The Labute approximate surface area is 146 Å². The van der Waals surface area contributed by atoms with E-state index < -0.39 is 0 Å². The Morgan fingerprint density at radius 3 is 2.17 bits per heavy atom. The number of hydrogen-bond donors (Lipinski definition) is 0. The molecule has 0 aliphatic heterocycles. The van der Waals surface area contributed by atoms with Crippen LogP contribution in [-0.2, 0) is 6.42 Å². The van der Waals surface area contributed by atoms with E-state index in [9.17, 15) is 0 Å². The van der Waals surface area contributed by atoms with E-state index in [0.29, 0.717) is 6.04 Å². The maximum atomic E-state index is 6.11. The van der Waals surface area contributed by atoms with Crippen LogP contribution in [-0.4, -0.2) is 30.6 Å². The Morgan fingerprint density at radius 2 is 1.52 bits per heavy atom. The molecular weight excluding hydrogens is 306 g/mol. The summed E-state index contributed by atoms with van der Waals surface area (Å²) in [6.45, 7) is 9.48. The molecule has 2 aromatic rings. The molecule has 126 valence electrons. The Morgan fingerprint density at radius 1 is 0.913 bits per heavy atom. The van der Waals surface area contributed by atoms with Crippen molar-refractivity contribution in [1.29, 1.82) is 0 Å². The van der Waals surface area contributed by atoms with Crippen molar-refractivity contribution >= 4 is 12.4 Å². The largest absolute Gasteiger partial charge is 0.492 e. The summed E-state index contributed by atoms with van der Waals surface area (Å²) in [4.78, 5) is 2.42. The summed E-state index contributed by atoms with van der Waals surface area (Å²) in [6, 6.07) is 19.3. The second-order valence-corrected chi connectivity index (χ2v) is 5.65. The third-order valence-electron chi connectivity index (χ3n) is 4.13. The molecule has 3 heteroatoms. The first-order valence-corrected chi connectivity index (χ1v) is 8.23. The molecule has 0 saturated carbocycles. The summed E-state index contributed by atoms with van der Waals surface area (Å²) in [5.41, 5.74) is 2.57. The SMILES string of the molecule is CCN(CC)C(C)COc1ccccc1Cc1ccccc1.Cl. The van der Waals surface area contributed by atoms with E-state index in [1.54, 1.807) is 0 Å². The van der Waals surface area contributed by atoms with Crippen molar-refractivity contribution in [2.24, 2.45) is 0 Å². The van der Waals surface area contributed by atoms with E-state index in [1.165, 1.54) is 11.1 Å². The second-order valence-electron chi connectivity index (χ2n) is 5.65. The number of para-hydroxylation sites is 1. The van der Waals surface area contributed by atoms with Crippen LogP contribution in [0.2, 0.25) is 0 Å². The highest BCUT2D eigenvalue weighted by Crippen LogP contribution is 2.22. The van der Waals surface area contributed by atoms with Gasteiger partial charge in [-0.1, -0.05) is 62.4 Å². The molecule has 0 amide bonds. The molecule has 0 bridgehead atoms. The zero-order chi connectivity index (χ0) is 15.8. The standard InChI is InChI=1S/C20H27NO.ClH/c1-4-21(5-2)17(3)16-22-20-14-10-9-13-19(20)15-18-11-7-6-8-12-18;/h6-14,17H,4-5,15-16H2,1-3H3;1H. The number of halogens is 1. The minimum Gasteiger partial charge on any atom is -0.492 e. The van der Waals surface area contributed by atoms with Gasteiger partial charge in [-0.05, 0) is 37.2 Å². The number of hydrogen-bond acceptors (Lipinski definition) is 2. The third kappa shape index (κ3) is 5.89. The van der Waals surface area contributed by atoms with Gasteiger partial charge in [0.15, 0.2) is 0 Å². The van der Waals surface area contributed by atoms with Crippen molar-refractivity contribution in [3.63, 3.8) is 0 Å². The van der Waals surface area contributed by atoms with Crippen molar-refractivity contribution in [2.45, 2.75) is 33.2 Å². The number of ether oxygens (including phenoxy) is 1. The van der Waals surface area contributed by atoms with Crippen LogP contribution in [0.5, 0.6) is 5.75 Å². The fourth-order valence-corrected chi connectivity index (χ4v) is 2.77. The first-order valence-electron chi connectivity index (χ1n) is 8.23. The van der Waals surface area contributed by atoms with Crippen molar-refractivity contribution in [3.05, 3.63) is 65.7 Å². The van der Waals surface area contributed by atoms with E-state index in [2.05, 4.69) is 74.2 Å². The van der Waals surface area contributed by atoms with Crippen molar-refractivity contribution < 1.29 is 4.74 Å². The molecule has 0 radical (unpaired) electrons. The van der Waals surface area contributed by atoms with Gasteiger partial charge in [-0.25, -0.2) is 0 Å². The van der Waals surface area contributed by atoms with Gasteiger partial charge in [0, 0.05) is 12.5 Å². The lowest BCUT2D eigenvalue weighted by molar-refractivity contribution is 0.157. The van der Waals surface area contributed by atoms with E-state index >= 15 is 0 Å². The molecule has 2 rings (SSSR count). The van der Waals surface area contributed by atoms with Gasteiger partial charge in [-0.15, -0.1) is 12.4 Å². The first-order chi connectivity index (χ1) is 10.7. The molecule has 23 heavy (non-hydrogen) atoms. The van der Waals surface area contributed by atoms with Gasteiger partial charge in [0.2, 0.25) is 0 Å². The maximum absolute atomic E-state index is 6.11. The summed E-state index contributed by atoms with van der Waals surface area (Å²) >= 11 is 0. The molecule has 0 saturated heterocycles. The molecule has 0 aliphatic carbocycles. The van der Waals surface area contributed by atoms with Crippen LogP contribution in [0.1, 0.15) is 31.9 Å². The summed E-state index contributed by atoms with van der Waals surface area (Å²) in [7, 11) is 0. The molecule has 2 aromatic carbocycles. The van der Waals surface area contributed by atoms with Crippen LogP contribution >= 0.6 is 12.4 Å². The molecule has 0 spiro atoms. The number of rotatable bonds is 8. The summed E-state index contributed by atoms with van der Waals surface area (Å²) in [6.07, 6.45) is 0.913. The minimum absolute atomic E-state index is 0. The zero-order valence-electron chi connectivity index (χ0n) is 14.4. The molecule has 1 atom stereocenters. The van der Waals surface area contributed by atoms with Gasteiger partial charge in [0.05, 0.1) is 0 Å². The van der Waals surface area contributed by atoms with Crippen LogP contribution in [0.3, 0.4) is 0 Å². The fraction of sp³-hybridized carbons (Fsp3) is 0.400. The number of benzene rings is 2. The van der Waals surface area contributed by atoms with E-state index in [0.717, 1.165) is 31.9 Å². The fourth-order valence-electron chi connectivity index (χ4n) is 2.77. The maximum Gasteiger partial charge on any atom is 0.122 e. The lowest BCUT2D eigenvalue weighted by atomic mass is 10.0. The van der Waals surface area contributed by atoms with Crippen molar-refractivity contribution in [1.82, 2.24) is 4.90 Å². The van der Waals surface area contributed by atoms with Gasteiger partial charge >= 0.3 is 0 Å². The van der Waals surface area contributed by atoms with Crippen molar-refractivity contribution in [2.75, 3.05) is 19.7 Å². The lowest BCUT2D eigenvalue weighted by Gasteiger charge is -2.26. The molecule has 1 unspecified atom stereocenters. The Kier molecular flexibility index (Phi) is 8.75. The van der Waals surface area contributed by atoms with Gasteiger partial charge in [0.1, 0.15) is 12.4 Å². The lowest BCUT2D eigenvalue weighted by Crippen LogP contribution is -2.37. The molecule has 0 N–H and O–H groups in total. The van der Waals surface area contributed by atoms with Crippen LogP contribution in [0.25, 0.3) is 0 Å². The molecule has 0 aromatic heterocycles. The van der Waals surface area contributed by atoms with E-state index in [1.807, 2.05) is 6.07 Å². The Bertz CT molecular complexity index is 555. The van der Waals surface area contributed by atoms with Crippen LogP contribution in [0.4, 0.5) is 0 Å². The van der Waals surface area contributed by atoms with E-state index in [4.69, 9.17) is 4.74 Å². The third-order valence-corrected chi connectivity index (χ3v) is 4.13.